The molecule has 8 heteroatoms. The fourth-order valence-corrected chi connectivity index (χ4v) is 0.916. The molecule has 1 N–H and O–H groups in total. The van der Waals surface area contributed by atoms with Crippen LogP contribution in [0.3, 0.4) is 0 Å². The molecule has 0 aromatic carbocycles. The van der Waals surface area contributed by atoms with Crippen LogP contribution in [-0.4, -0.2) is 15.0 Å². The first-order valence-corrected chi connectivity index (χ1v) is 3.67. The van der Waals surface area contributed by atoms with Crippen molar-refractivity contribution >= 4 is 5.69 Å². The summed E-state index contributed by atoms with van der Waals surface area (Å²) in [7, 11) is 0. The van der Waals surface area contributed by atoms with Gasteiger partial charge in [0.05, 0.1) is 17.1 Å². The third-order valence-electron chi connectivity index (χ3n) is 1.62. The third-order valence-corrected chi connectivity index (χ3v) is 1.62. The molecule has 0 saturated heterocycles. The molecule has 1 aromatic rings. The van der Waals surface area contributed by atoms with Gasteiger partial charge >= 0.3 is 6.18 Å². The molecule has 0 aliphatic heterocycles. The van der Waals surface area contributed by atoms with E-state index in [0.29, 0.717) is 12.3 Å². The molecule has 1 aromatic heterocycles. The molecule has 0 unspecified atom stereocenters. The highest BCUT2D eigenvalue weighted by Gasteiger charge is 2.33. The number of nitrogens with zero attached hydrogens (tertiary/aromatic N) is 2. The van der Waals surface area contributed by atoms with Gasteiger partial charge in [0.1, 0.15) is 5.69 Å². The second-order valence-electron chi connectivity index (χ2n) is 2.60. The van der Waals surface area contributed by atoms with Crippen molar-refractivity contribution in [3.63, 3.8) is 0 Å². The first kappa shape index (κ1) is 11.4. The monoisotopic (exact) mass is 222 g/mol. The van der Waals surface area contributed by atoms with Gasteiger partial charge in [-0.2, -0.15) is 13.2 Å². The molecule has 0 spiro atoms. The highest BCUT2D eigenvalue weighted by molar-refractivity contribution is 5.38. The molecule has 0 amide bonds. The summed E-state index contributed by atoms with van der Waals surface area (Å²) in [4.78, 5) is 12.5. The van der Waals surface area contributed by atoms with Gasteiger partial charge in [-0.1, -0.05) is 0 Å². The maximum Gasteiger partial charge on any atom is 0.418 e. The molecule has 0 aliphatic carbocycles. The number of rotatable bonds is 2. The maximum absolute atomic E-state index is 12.1. The van der Waals surface area contributed by atoms with Gasteiger partial charge in [-0.05, 0) is 0 Å². The first-order valence-electron chi connectivity index (χ1n) is 3.67. The second-order valence-corrected chi connectivity index (χ2v) is 2.60. The van der Waals surface area contributed by atoms with Crippen molar-refractivity contribution in [1.82, 2.24) is 4.98 Å². The lowest BCUT2D eigenvalue weighted by Gasteiger charge is -2.06. The Morgan fingerprint density at radius 1 is 1.53 bits per heavy atom. The average Bonchev–Trinajstić information content (AvgIpc) is 2.15. The highest BCUT2D eigenvalue weighted by atomic mass is 19.4. The van der Waals surface area contributed by atoms with Crippen LogP contribution in [0.5, 0.6) is 0 Å². The summed E-state index contributed by atoms with van der Waals surface area (Å²) in [5.41, 5.74) is -2.45. The smallest absolute Gasteiger partial charge is 0.390 e. The molecule has 5 nitrogen and oxygen atoms in total. The Morgan fingerprint density at radius 3 is 2.53 bits per heavy atom. The van der Waals surface area contributed by atoms with Crippen LogP contribution in [0.15, 0.2) is 12.3 Å². The lowest BCUT2D eigenvalue weighted by Crippen LogP contribution is -2.08. The number of halogens is 3. The van der Waals surface area contributed by atoms with Crippen LogP contribution < -0.4 is 0 Å². The topological polar surface area (TPSA) is 76.3 Å². The lowest BCUT2D eigenvalue weighted by atomic mass is 10.2. The van der Waals surface area contributed by atoms with Gasteiger partial charge in [-0.15, -0.1) is 0 Å². The van der Waals surface area contributed by atoms with Crippen LogP contribution >= 0.6 is 0 Å². The van der Waals surface area contributed by atoms with E-state index in [0.717, 1.165) is 0 Å². The van der Waals surface area contributed by atoms with E-state index in [1.165, 1.54) is 0 Å². The van der Waals surface area contributed by atoms with E-state index in [-0.39, 0.29) is 0 Å². The minimum atomic E-state index is -4.69. The van der Waals surface area contributed by atoms with E-state index >= 15 is 0 Å². The van der Waals surface area contributed by atoms with Gasteiger partial charge < -0.3 is 5.11 Å². The van der Waals surface area contributed by atoms with Crippen LogP contribution in [0.25, 0.3) is 0 Å². The number of aliphatic hydroxyl groups is 1. The van der Waals surface area contributed by atoms with E-state index in [2.05, 4.69) is 4.98 Å². The molecule has 1 heterocycles. The van der Waals surface area contributed by atoms with Gasteiger partial charge in [0.2, 0.25) is 0 Å². The Kier molecular flexibility index (Phi) is 2.89. The molecule has 1 rings (SSSR count). The largest absolute Gasteiger partial charge is 0.418 e. The summed E-state index contributed by atoms with van der Waals surface area (Å²) in [6, 6.07) is 0.346. The van der Waals surface area contributed by atoms with Crippen LogP contribution in [0.2, 0.25) is 0 Å². The number of hydrogen-bond donors (Lipinski definition) is 1. The number of aliphatic hydroxyl groups excluding tert-OH is 1. The molecule has 0 saturated carbocycles. The van der Waals surface area contributed by atoms with Crippen molar-refractivity contribution in [1.29, 1.82) is 0 Å². The molecule has 0 atom stereocenters. The van der Waals surface area contributed by atoms with Crippen molar-refractivity contribution in [3.05, 3.63) is 33.6 Å². The minimum absolute atomic E-state index is 0.346. The van der Waals surface area contributed by atoms with Crippen molar-refractivity contribution in [3.8, 4) is 0 Å². The summed E-state index contributed by atoms with van der Waals surface area (Å²) in [5, 5.41) is 19.0. The van der Waals surface area contributed by atoms with Gasteiger partial charge in [0.25, 0.3) is 5.69 Å². The number of hydrogen-bond acceptors (Lipinski definition) is 4. The summed E-state index contributed by atoms with van der Waals surface area (Å²) in [5.74, 6) is 0. The van der Waals surface area contributed by atoms with Crippen LogP contribution in [0, 0.1) is 10.1 Å². The van der Waals surface area contributed by atoms with Crippen molar-refractivity contribution in [2.75, 3.05) is 0 Å². The van der Waals surface area contributed by atoms with Crippen LogP contribution in [0.4, 0.5) is 18.9 Å². The zero-order valence-corrected chi connectivity index (χ0v) is 7.15. The summed E-state index contributed by atoms with van der Waals surface area (Å²) >= 11 is 0. The zero-order valence-electron chi connectivity index (χ0n) is 7.15. The normalized spacial score (nSPS) is 11.5. The first-order chi connectivity index (χ1) is 6.86. The molecule has 0 radical (unpaired) electrons. The van der Waals surface area contributed by atoms with Gasteiger partial charge in [-0.3, -0.25) is 15.1 Å². The third kappa shape index (κ3) is 2.40. The zero-order chi connectivity index (χ0) is 11.6. The highest BCUT2D eigenvalue weighted by Crippen LogP contribution is 2.31. The average molecular weight is 222 g/mol. The summed E-state index contributed by atoms with van der Waals surface area (Å²) in [6.07, 6.45) is -4.25. The Bertz CT molecular complexity index is 392. The van der Waals surface area contributed by atoms with Crippen LogP contribution in [0.1, 0.15) is 11.3 Å². The molecular weight excluding hydrogens is 217 g/mol. The Morgan fingerprint density at radius 2 is 2.13 bits per heavy atom. The maximum atomic E-state index is 12.1. The molecule has 0 fully saturated rings. The fraction of sp³-hybridized carbons (Fsp3) is 0.286. The number of alkyl halides is 3. The molecule has 82 valence electrons. The number of pyridine rings is 1. The quantitative estimate of drug-likeness (QED) is 0.607. The second kappa shape index (κ2) is 3.81. The standard InChI is InChI=1S/C7H5F3N2O3/c8-7(9,10)4-1-6(12(14)15)5(3-13)11-2-4/h1-2,13H,3H2. The van der Waals surface area contributed by atoms with Gasteiger partial charge in [-0.25, -0.2) is 0 Å². The minimum Gasteiger partial charge on any atom is -0.390 e. The fourth-order valence-electron chi connectivity index (χ4n) is 0.916. The molecular formula is C7H5F3N2O3. The predicted molar refractivity (Wildman–Crippen MR) is 41.8 cm³/mol. The molecule has 0 bridgehead atoms. The SMILES string of the molecule is O=[N+]([O-])c1cc(C(F)(F)F)cnc1CO. The number of nitro groups is 1. The van der Waals surface area contributed by atoms with E-state index in [9.17, 15) is 23.3 Å². The van der Waals surface area contributed by atoms with E-state index in [1.54, 1.807) is 0 Å². The Balaban J connectivity index is 3.28. The Hall–Kier alpha value is -1.70. The van der Waals surface area contributed by atoms with Crippen LogP contribution in [-0.2, 0) is 12.8 Å². The van der Waals surface area contributed by atoms with E-state index in [4.69, 9.17) is 5.11 Å². The van der Waals surface area contributed by atoms with E-state index < -0.39 is 34.7 Å². The molecule has 0 aliphatic rings. The van der Waals surface area contributed by atoms with Crippen molar-refractivity contribution < 1.29 is 23.2 Å². The summed E-state index contributed by atoms with van der Waals surface area (Å²) in [6.45, 7) is -0.783. The molecule has 15 heavy (non-hydrogen) atoms. The van der Waals surface area contributed by atoms with Crippen molar-refractivity contribution in [2.45, 2.75) is 12.8 Å². The number of aromatic nitrogens is 1. The van der Waals surface area contributed by atoms with Gasteiger partial charge in [0.15, 0.2) is 0 Å². The lowest BCUT2D eigenvalue weighted by molar-refractivity contribution is -0.386. The van der Waals surface area contributed by atoms with Gasteiger partial charge in [0, 0.05) is 12.3 Å². The van der Waals surface area contributed by atoms with Crippen molar-refractivity contribution in [2.24, 2.45) is 0 Å². The van der Waals surface area contributed by atoms with E-state index in [1.807, 2.05) is 0 Å². The summed E-state index contributed by atoms with van der Waals surface area (Å²) < 4.78 is 36.4. The Labute approximate surface area is 81.3 Å². The predicted octanol–water partition coefficient (Wildman–Crippen LogP) is 1.50.